The van der Waals surface area contributed by atoms with Gasteiger partial charge >= 0.3 is 0 Å². The van der Waals surface area contributed by atoms with Crippen molar-refractivity contribution in [1.29, 1.82) is 0 Å². The first-order valence-electron chi connectivity index (χ1n) is 5.74. The molecule has 3 aromatic carbocycles. The lowest BCUT2D eigenvalue weighted by Crippen LogP contribution is -1.86. The number of hydrogen-bond donors (Lipinski definition) is 1. The van der Waals surface area contributed by atoms with Gasteiger partial charge in [-0.05, 0) is 40.6 Å². The van der Waals surface area contributed by atoms with Crippen LogP contribution in [0.25, 0.3) is 21.9 Å². The molecule has 0 fully saturated rings. The van der Waals surface area contributed by atoms with Crippen molar-refractivity contribution < 1.29 is 4.39 Å². The molecule has 0 atom stereocenters. The molecule has 0 N–H and O–H groups in total. The van der Waals surface area contributed by atoms with Gasteiger partial charge in [-0.25, -0.2) is 4.39 Å². The lowest BCUT2D eigenvalue weighted by Gasteiger charge is -2.08. The molecule has 3 aromatic rings. The van der Waals surface area contributed by atoms with Gasteiger partial charge in [0.15, 0.2) is 0 Å². The summed E-state index contributed by atoms with van der Waals surface area (Å²) in [6, 6.07) is 17.3. The van der Waals surface area contributed by atoms with Crippen LogP contribution in [-0.2, 0) is 0 Å². The predicted octanol–water partition coefficient (Wildman–Crippen LogP) is 5.39. The molecule has 0 aliphatic heterocycles. The van der Waals surface area contributed by atoms with E-state index in [9.17, 15) is 4.39 Å². The maximum Gasteiger partial charge on any atom is 0.131 e. The Balaban J connectivity index is 2.28. The van der Waals surface area contributed by atoms with E-state index >= 15 is 0 Å². The van der Waals surface area contributed by atoms with Crippen LogP contribution in [0.2, 0.25) is 5.02 Å². The van der Waals surface area contributed by atoms with E-state index in [1.807, 2.05) is 30.3 Å². The van der Waals surface area contributed by atoms with Crippen LogP contribution in [0.3, 0.4) is 0 Å². The first-order chi connectivity index (χ1) is 9.15. The van der Waals surface area contributed by atoms with Crippen molar-refractivity contribution in [3.8, 4) is 11.1 Å². The molecule has 1 radical (unpaired) electrons. The standard InChI is InChI=1S/C16H9ClFS/c17-12-5-6-15(18)14(9-12)11-7-10-3-1-2-4-13(10)16(19)8-11/h1-7,9,19H. The van der Waals surface area contributed by atoms with E-state index < -0.39 is 0 Å². The number of benzene rings is 3. The molecule has 0 aliphatic carbocycles. The minimum absolute atomic E-state index is 0.316. The van der Waals surface area contributed by atoms with Crippen molar-refractivity contribution in [1.82, 2.24) is 0 Å². The van der Waals surface area contributed by atoms with E-state index in [2.05, 4.69) is 18.7 Å². The Kier molecular flexibility index (Phi) is 3.21. The Morgan fingerprint density at radius 3 is 2.68 bits per heavy atom. The highest BCUT2D eigenvalue weighted by Gasteiger charge is 2.09. The van der Waals surface area contributed by atoms with Crippen molar-refractivity contribution in [3.63, 3.8) is 0 Å². The van der Waals surface area contributed by atoms with Crippen LogP contribution < -0.4 is 0 Å². The zero-order valence-electron chi connectivity index (χ0n) is 9.82. The fraction of sp³-hybridized carbons (Fsp3) is 0. The molecule has 0 unspecified atom stereocenters. The summed E-state index contributed by atoms with van der Waals surface area (Å²) in [5.74, 6) is -0.316. The van der Waals surface area contributed by atoms with E-state index in [-0.39, 0.29) is 5.82 Å². The fourth-order valence-corrected chi connectivity index (χ4v) is 2.57. The monoisotopic (exact) mass is 287 g/mol. The minimum Gasteiger partial charge on any atom is -0.206 e. The molecule has 3 heteroatoms. The SMILES string of the molecule is Fc1ccc(Cl)cc1-c1[c]c(S)c2ccccc2c1. The van der Waals surface area contributed by atoms with Gasteiger partial charge in [-0.1, -0.05) is 35.9 Å². The van der Waals surface area contributed by atoms with Crippen LogP contribution in [-0.4, -0.2) is 0 Å². The number of hydrogen-bond acceptors (Lipinski definition) is 1. The third-order valence-corrected chi connectivity index (χ3v) is 3.58. The van der Waals surface area contributed by atoms with Gasteiger partial charge < -0.3 is 0 Å². The normalized spacial score (nSPS) is 10.9. The number of rotatable bonds is 1. The summed E-state index contributed by atoms with van der Waals surface area (Å²) in [6.07, 6.45) is 0. The quantitative estimate of drug-likeness (QED) is 0.570. The molecule has 0 heterocycles. The first-order valence-corrected chi connectivity index (χ1v) is 6.57. The van der Waals surface area contributed by atoms with Gasteiger partial charge in [0.2, 0.25) is 0 Å². The van der Waals surface area contributed by atoms with Crippen molar-refractivity contribution in [2.24, 2.45) is 0 Å². The lowest BCUT2D eigenvalue weighted by atomic mass is 10.0. The van der Waals surface area contributed by atoms with Crippen LogP contribution in [0.15, 0.2) is 53.4 Å². The summed E-state index contributed by atoms with van der Waals surface area (Å²) in [4.78, 5) is 0.701. The topological polar surface area (TPSA) is 0 Å². The predicted molar refractivity (Wildman–Crippen MR) is 80.4 cm³/mol. The molecular weight excluding hydrogens is 279 g/mol. The summed E-state index contributed by atoms with van der Waals surface area (Å²) in [5, 5.41) is 2.50. The molecule has 3 rings (SSSR count). The Labute approximate surface area is 121 Å². The van der Waals surface area contributed by atoms with Gasteiger partial charge in [0.05, 0.1) is 0 Å². The van der Waals surface area contributed by atoms with Gasteiger partial charge in [0.1, 0.15) is 5.82 Å². The lowest BCUT2D eigenvalue weighted by molar-refractivity contribution is 0.631. The number of halogens is 2. The van der Waals surface area contributed by atoms with Gasteiger partial charge in [0.25, 0.3) is 0 Å². The van der Waals surface area contributed by atoms with E-state index in [1.54, 1.807) is 6.07 Å². The highest BCUT2D eigenvalue weighted by molar-refractivity contribution is 7.80. The van der Waals surface area contributed by atoms with Gasteiger partial charge in [-0.2, -0.15) is 0 Å². The molecular formula is C16H9ClFS. The van der Waals surface area contributed by atoms with Crippen LogP contribution >= 0.6 is 24.2 Å². The second kappa shape index (κ2) is 4.87. The third-order valence-electron chi connectivity index (χ3n) is 2.99. The van der Waals surface area contributed by atoms with Crippen LogP contribution in [0, 0.1) is 11.9 Å². The van der Waals surface area contributed by atoms with Crippen molar-refractivity contribution in [2.75, 3.05) is 0 Å². The molecule has 0 saturated heterocycles. The number of thiol groups is 1. The van der Waals surface area contributed by atoms with E-state index in [1.165, 1.54) is 12.1 Å². The highest BCUT2D eigenvalue weighted by Crippen LogP contribution is 2.31. The molecule has 0 amide bonds. The van der Waals surface area contributed by atoms with E-state index in [0.29, 0.717) is 21.0 Å². The fourth-order valence-electron chi connectivity index (χ4n) is 2.07. The molecule has 0 bridgehead atoms. The maximum atomic E-state index is 13.9. The molecule has 0 aromatic heterocycles. The van der Waals surface area contributed by atoms with Crippen LogP contribution in [0.1, 0.15) is 0 Å². The van der Waals surface area contributed by atoms with Gasteiger partial charge in [-0.3, -0.25) is 0 Å². The third kappa shape index (κ3) is 2.34. The molecule has 0 nitrogen and oxygen atoms in total. The first kappa shape index (κ1) is 12.5. The van der Waals surface area contributed by atoms with E-state index in [4.69, 9.17) is 11.6 Å². The maximum absolute atomic E-state index is 13.9. The molecule has 93 valence electrons. The zero-order valence-corrected chi connectivity index (χ0v) is 11.5. The summed E-state index contributed by atoms with van der Waals surface area (Å²) in [6.45, 7) is 0. The Bertz CT molecular complexity index is 768. The Morgan fingerprint density at radius 1 is 1.05 bits per heavy atom. The summed E-state index contributed by atoms with van der Waals surface area (Å²) in [7, 11) is 0. The van der Waals surface area contributed by atoms with Crippen LogP contribution in [0.4, 0.5) is 4.39 Å². The summed E-state index contributed by atoms with van der Waals surface area (Å²) in [5.41, 5.74) is 1.09. The molecule has 0 aliphatic rings. The number of fused-ring (bicyclic) bond motifs is 1. The molecule has 0 saturated carbocycles. The van der Waals surface area contributed by atoms with Crippen molar-refractivity contribution >= 4 is 35.0 Å². The molecule has 19 heavy (non-hydrogen) atoms. The van der Waals surface area contributed by atoms with Crippen molar-refractivity contribution in [3.05, 3.63) is 65.4 Å². The average Bonchev–Trinajstić information content (AvgIpc) is 2.41. The smallest absolute Gasteiger partial charge is 0.131 e. The summed E-state index contributed by atoms with van der Waals surface area (Å²) < 4.78 is 13.9. The average molecular weight is 288 g/mol. The zero-order chi connectivity index (χ0) is 13.4. The van der Waals surface area contributed by atoms with Crippen molar-refractivity contribution in [2.45, 2.75) is 4.90 Å². The van der Waals surface area contributed by atoms with Gasteiger partial charge in [-0.15, -0.1) is 12.6 Å². The molecule has 0 spiro atoms. The largest absolute Gasteiger partial charge is 0.206 e. The second-order valence-corrected chi connectivity index (χ2v) is 5.13. The van der Waals surface area contributed by atoms with Crippen LogP contribution in [0.5, 0.6) is 0 Å². The highest BCUT2D eigenvalue weighted by atomic mass is 35.5. The van der Waals surface area contributed by atoms with Gasteiger partial charge in [0, 0.05) is 21.5 Å². The minimum atomic E-state index is -0.316. The summed E-state index contributed by atoms with van der Waals surface area (Å²) >= 11 is 10.3. The Hall–Kier alpha value is -1.51. The second-order valence-electron chi connectivity index (χ2n) is 4.24. The Morgan fingerprint density at radius 2 is 1.84 bits per heavy atom. The van der Waals surface area contributed by atoms with E-state index in [0.717, 1.165) is 10.8 Å².